The molecule has 0 saturated heterocycles. The summed E-state index contributed by atoms with van der Waals surface area (Å²) in [6, 6.07) is 15.2. The average molecular weight is 396 g/mol. The van der Waals surface area contributed by atoms with Gasteiger partial charge in [0.15, 0.2) is 0 Å². The Balaban J connectivity index is 2.45. The molecule has 0 radical (unpaired) electrons. The van der Waals surface area contributed by atoms with Crippen molar-refractivity contribution in [2.24, 2.45) is 0 Å². The highest BCUT2D eigenvalue weighted by Crippen LogP contribution is 2.44. The summed E-state index contributed by atoms with van der Waals surface area (Å²) in [5, 5.41) is 0. The van der Waals surface area contributed by atoms with Crippen molar-refractivity contribution in [1.82, 2.24) is 0 Å². The highest BCUT2D eigenvalue weighted by atomic mass is 79.9. The molecule has 0 nitrogen and oxygen atoms in total. The molecule has 1 unspecified atom stereocenters. The Bertz CT molecular complexity index is 600. The maximum Gasteiger partial charge on any atom is 0.0489 e. The Morgan fingerprint density at radius 1 is 0.950 bits per heavy atom. The Kier molecular flexibility index (Phi) is 4.76. The van der Waals surface area contributed by atoms with E-state index in [0.29, 0.717) is 0 Å². The summed E-state index contributed by atoms with van der Waals surface area (Å²) in [6.45, 7) is 8.90. The van der Waals surface area contributed by atoms with Gasteiger partial charge in [-0.15, -0.1) is 0 Å². The monoisotopic (exact) mass is 394 g/mol. The largest absolute Gasteiger partial charge is 0.0829 e. The van der Waals surface area contributed by atoms with Crippen molar-refractivity contribution >= 4 is 31.9 Å². The number of benzene rings is 2. The van der Waals surface area contributed by atoms with Gasteiger partial charge in [-0.3, -0.25) is 0 Å². The fraction of sp³-hybridized carbons (Fsp3) is 0.333. The standard InChI is InChI=1S/C18H20Br2/c1-12-11-16(19)13(2)10-15(12)17(20)18(3,4)14-8-6-5-7-9-14/h5-11,17H,1-4H3. The van der Waals surface area contributed by atoms with Gasteiger partial charge in [0.25, 0.3) is 0 Å². The van der Waals surface area contributed by atoms with Crippen molar-refractivity contribution in [3.05, 3.63) is 69.2 Å². The molecule has 1 atom stereocenters. The maximum absolute atomic E-state index is 3.94. The van der Waals surface area contributed by atoms with Crippen LogP contribution in [0, 0.1) is 13.8 Å². The van der Waals surface area contributed by atoms with Gasteiger partial charge in [-0.05, 0) is 42.2 Å². The first-order valence-corrected chi connectivity index (χ1v) is 8.51. The van der Waals surface area contributed by atoms with Gasteiger partial charge in [0.2, 0.25) is 0 Å². The summed E-state index contributed by atoms with van der Waals surface area (Å²) in [5.41, 5.74) is 5.33. The van der Waals surface area contributed by atoms with Crippen LogP contribution in [0.5, 0.6) is 0 Å². The van der Waals surface area contributed by atoms with Crippen molar-refractivity contribution in [1.29, 1.82) is 0 Å². The molecule has 20 heavy (non-hydrogen) atoms. The van der Waals surface area contributed by atoms with Gasteiger partial charge in [-0.2, -0.15) is 0 Å². The fourth-order valence-electron chi connectivity index (χ4n) is 2.48. The van der Waals surface area contributed by atoms with Gasteiger partial charge < -0.3 is 0 Å². The third kappa shape index (κ3) is 3.01. The topological polar surface area (TPSA) is 0 Å². The summed E-state index contributed by atoms with van der Waals surface area (Å²) in [5.74, 6) is 0. The minimum atomic E-state index is 0.0340. The second-order valence-electron chi connectivity index (χ2n) is 5.91. The molecule has 0 aliphatic heterocycles. The molecule has 0 saturated carbocycles. The van der Waals surface area contributed by atoms with E-state index in [1.54, 1.807) is 0 Å². The highest BCUT2D eigenvalue weighted by Gasteiger charge is 2.31. The molecular weight excluding hydrogens is 376 g/mol. The lowest BCUT2D eigenvalue weighted by molar-refractivity contribution is 0.516. The minimum absolute atomic E-state index is 0.0340. The zero-order valence-corrected chi connectivity index (χ0v) is 15.5. The van der Waals surface area contributed by atoms with E-state index in [1.807, 2.05) is 0 Å². The van der Waals surface area contributed by atoms with E-state index in [1.165, 1.54) is 26.7 Å². The van der Waals surface area contributed by atoms with Crippen molar-refractivity contribution in [3.8, 4) is 0 Å². The smallest absolute Gasteiger partial charge is 0.0489 e. The van der Waals surface area contributed by atoms with Crippen molar-refractivity contribution in [3.63, 3.8) is 0 Å². The van der Waals surface area contributed by atoms with E-state index in [0.717, 1.165) is 0 Å². The van der Waals surface area contributed by atoms with Crippen LogP contribution in [0.3, 0.4) is 0 Å². The van der Waals surface area contributed by atoms with Crippen molar-refractivity contribution in [2.75, 3.05) is 0 Å². The SMILES string of the molecule is Cc1cc(C(Br)C(C)(C)c2ccccc2)c(C)cc1Br. The fourth-order valence-corrected chi connectivity index (χ4v) is 3.69. The van der Waals surface area contributed by atoms with Crippen LogP contribution in [0.1, 0.15) is 40.9 Å². The molecule has 0 aliphatic carbocycles. The zero-order chi connectivity index (χ0) is 14.9. The van der Waals surface area contributed by atoms with Gasteiger partial charge in [0.1, 0.15) is 0 Å². The summed E-state index contributed by atoms with van der Waals surface area (Å²) < 4.78 is 1.18. The summed E-state index contributed by atoms with van der Waals surface area (Å²) in [4.78, 5) is 0.282. The molecule has 2 rings (SSSR count). The predicted molar refractivity (Wildman–Crippen MR) is 94.8 cm³/mol. The van der Waals surface area contributed by atoms with Gasteiger partial charge in [0, 0.05) is 14.7 Å². The first-order valence-electron chi connectivity index (χ1n) is 6.80. The molecule has 0 bridgehead atoms. The van der Waals surface area contributed by atoms with E-state index in [9.17, 15) is 0 Å². The first kappa shape index (κ1) is 15.8. The molecule has 0 amide bonds. The van der Waals surface area contributed by atoms with E-state index in [4.69, 9.17) is 0 Å². The Morgan fingerprint density at radius 2 is 1.55 bits per heavy atom. The molecule has 106 valence electrons. The number of alkyl halides is 1. The third-order valence-corrected chi connectivity index (χ3v) is 6.46. The molecule has 0 heterocycles. The zero-order valence-electron chi connectivity index (χ0n) is 12.4. The lowest BCUT2D eigenvalue weighted by Gasteiger charge is -2.32. The maximum atomic E-state index is 3.94. The van der Waals surface area contributed by atoms with Crippen LogP contribution < -0.4 is 0 Å². The summed E-state index contributed by atoms with van der Waals surface area (Å²) in [7, 11) is 0. The average Bonchev–Trinajstić information content (AvgIpc) is 2.43. The number of halogens is 2. The lowest BCUT2D eigenvalue weighted by Crippen LogP contribution is -2.23. The highest BCUT2D eigenvalue weighted by molar-refractivity contribution is 9.10. The van der Waals surface area contributed by atoms with Crippen LogP contribution in [0.25, 0.3) is 0 Å². The first-order chi connectivity index (χ1) is 9.34. The second-order valence-corrected chi connectivity index (χ2v) is 7.68. The van der Waals surface area contributed by atoms with Crippen LogP contribution in [0.15, 0.2) is 46.9 Å². The van der Waals surface area contributed by atoms with Gasteiger partial charge in [-0.1, -0.05) is 82.1 Å². The third-order valence-electron chi connectivity index (χ3n) is 3.97. The molecule has 0 fully saturated rings. The van der Waals surface area contributed by atoms with Crippen LogP contribution in [-0.2, 0) is 5.41 Å². The summed E-state index contributed by atoms with van der Waals surface area (Å²) in [6.07, 6.45) is 0. The second kappa shape index (κ2) is 6.03. The molecule has 2 aromatic carbocycles. The molecule has 2 heteroatoms. The van der Waals surface area contributed by atoms with Gasteiger partial charge >= 0.3 is 0 Å². The van der Waals surface area contributed by atoms with E-state index < -0.39 is 0 Å². The van der Waals surface area contributed by atoms with Crippen molar-refractivity contribution in [2.45, 2.75) is 37.9 Å². The van der Waals surface area contributed by atoms with Crippen LogP contribution in [-0.4, -0.2) is 0 Å². The predicted octanol–water partition coefficient (Wildman–Crippen LogP) is 6.48. The lowest BCUT2D eigenvalue weighted by atomic mass is 9.78. The van der Waals surface area contributed by atoms with Crippen molar-refractivity contribution < 1.29 is 0 Å². The van der Waals surface area contributed by atoms with Gasteiger partial charge in [0.05, 0.1) is 0 Å². The molecular formula is C18H20Br2. The Hall–Kier alpha value is -0.600. The van der Waals surface area contributed by atoms with Crippen LogP contribution in [0.4, 0.5) is 0 Å². The number of hydrogen-bond acceptors (Lipinski definition) is 0. The normalized spacial score (nSPS) is 13.3. The molecule has 0 aliphatic rings. The quantitative estimate of drug-likeness (QED) is 0.521. The van der Waals surface area contributed by atoms with E-state index in [-0.39, 0.29) is 10.2 Å². The minimum Gasteiger partial charge on any atom is -0.0829 e. The summed E-state index contributed by atoms with van der Waals surface area (Å²) >= 11 is 7.55. The van der Waals surface area contributed by atoms with Crippen LogP contribution >= 0.6 is 31.9 Å². The van der Waals surface area contributed by atoms with E-state index >= 15 is 0 Å². The van der Waals surface area contributed by atoms with E-state index in [2.05, 4.69) is 102 Å². The molecule has 2 aromatic rings. The van der Waals surface area contributed by atoms with Gasteiger partial charge in [-0.25, -0.2) is 0 Å². The molecule has 0 spiro atoms. The van der Waals surface area contributed by atoms with Crippen LogP contribution in [0.2, 0.25) is 0 Å². The molecule has 0 N–H and O–H groups in total. The number of aryl methyl sites for hydroxylation is 2. The molecule has 0 aromatic heterocycles. The number of rotatable bonds is 3. The number of hydrogen-bond donors (Lipinski definition) is 0. The Morgan fingerprint density at radius 3 is 2.15 bits per heavy atom. The Labute approximate surface area is 138 Å².